The van der Waals surface area contributed by atoms with Crippen LogP contribution in [0.1, 0.15) is 17.2 Å². The maximum atomic E-state index is 12.0. The third-order valence-corrected chi connectivity index (χ3v) is 4.08. The Morgan fingerprint density at radius 3 is 2.08 bits per heavy atom. The van der Waals surface area contributed by atoms with Crippen LogP contribution in [-0.2, 0) is 4.74 Å². The van der Waals surface area contributed by atoms with Crippen LogP contribution >= 0.6 is 0 Å². The van der Waals surface area contributed by atoms with E-state index in [2.05, 4.69) is 5.32 Å². The van der Waals surface area contributed by atoms with Crippen molar-refractivity contribution < 1.29 is 33.6 Å². The van der Waals surface area contributed by atoms with Crippen LogP contribution in [0.4, 0.5) is 10.5 Å². The Kier molecular flexibility index (Phi) is 4.66. The highest BCUT2D eigenvalue weighted by atomic mass is 16.6. The van der Waals surface area contributed by atoms with Gasteiger partial charge in [0.05, 0.1) is 34.1 Å². The van der Waals surface area contributed by atoms with Crippen LogP contribution in [0.3, 0.4) is 0 Å². The summed E-state index contributed by atoms with van der Waals surface area (Å²) in [6, 6.07) is 6.43. The van der Waals surface area contributed by atoms with Gasteiger partial charge in [-0.3, -0.25) is 5.32 Å². The molecule has 0 aromatic heterocycles. The van der Waals surface area contributed by atoms with E-state index < -0.39 is 12.2 Å². The molecule has 8 nitrogen and oxygen atoms in total. The van der Waals surface area contributed by atoms with Crippen molar-refractivity contribution in [2.45, 2.75) is 6.10 Å². The number of methoxy groups -OCH3 is 4. The van der Waals surface area contributed by atoms with E-state index in [-0.39, 0.29) is 11.5 Å². The molecule has 1 amide bonds. The Morgan fingerprint density at radius 1 is 0.923 bits per heavy atom. The molecule has 0 radical (unpaired) electrons. The van der Waals surface area contributed by atoms with Crippen LogP contribution in [0.5, 0.6) is 28.7 Å². The van der Waals surface area contributed by atoms with Crippen molar-refractivity contribution in [3.8, 4) is 28.7 Å². The topological polar surface area (TPSA) is 95.5 Å². The van der Waals surface area contributed by atoms with Gasteiger partial charge in [-0.25, -0.2) is 4.79 Å². The molecule has 0 fully saturated rings. The van der Waals surface area contributed by atoms with Gasteiger partial charge in [0.1, 0.15) is 0 Å². The maximum absolute atomic E-state index is 12.0. The molecule has 2 aromatic rings. The van der Waals surface area contributed by atoms with Gasteiger partial charge in [0.2, 0.25) is 5.75 Å². The number of benzene rings is 2. The number of phenolic OH excluding ortho intramolecular Hbond substituents is 1. The number of carbonyl (C=O) groups is 1. The zero-order chi connectivity index (χ0) is 18.8. The first-order valence-electron chi connectivity index (χ1n) is 7.70. The monoisotopic (exact) mass is 361 g/mol. The van der Waals surface area contributed by atoms with E-state index in [1.54, 1.807) is 18.2 Å². The predicted molar refractivity (Wildman–Crippen MR) is 92.7 cm³/mol. The van der Waals surface area contributed by atoms with Crippen molar-refractivity contribution in [2.24, 2.45) is 0 Å². The molecular weight excluding hydrogens is 342 g/mol. The summed E-state index contributed by atoms with van der Waals surface area (Å²) in [5, 5.41) is 12.5. The number of hydrogen-bond donors (Lipinski definition) is 2. The number of anilines is 1. The van der Waals surface area contributed by atoms with Crippen LogP contribution in [0, 0.1) is 0 Å². The number of ether oxygens (including phenoxy) is 5. The summed E-state index contributed by atoms with van der Waals surface area (Å²) in [5.41, 5.74) is 1.66. The summed E-state index contributed by atoms with van der Waals surface area (Å²) in [4.78, 5) is 12.0. The number of carbonyl (C=O) groups excluding carboxylic acids is 1. The van der Waals surface area contributed by atoms with Crippen LogP contribution in [0.15, 0.2) is 24.3 Å². The maximum Gasteiger partial charge on any atom is 0.412 e. The lowest BCUT2D eigenvalue weighted by atomic mass is 9.97. The number of hydrogen-bond acceptors (Lipinski definition) is 7. The number of nitrogens with one attached hydrogen (secondary N) is 1. The molecule has 2 aromatic carbocycles. The molecule has 0 saturated heterocycles. The fraction of sp³-hybridized carbons (Fsp3) is 0.278. The van der Waals surface area contributed by atoms with Crippen LogP contribution < -0.4 is 24.3 Å². The van der Waals surface area contributed by atoms with E-state index in [9.17, 15) is 9.90 Å². The third-order valence-electron chi connectivity index (χ3n) is 4.08. The van der Waals surface area contributed by atoms with Crippen LogP contribution in [0.25, 0.3) is 0 Å². The van der Waals surface area contributed by atoms with Crippen molar-refractivity contribution in [1.29, 1.82) is 0 Å². The minimum Gasteiger partial charge on any atom is -0.504 e. The van der Waals surface area contributed by atoms with Gasteiger partial charge in [0.15, 0.2) is 29.1 Å². The van der Waals surface area contributed by atoms with E-state index in [1.807, 2.05) is 0 Å². The summed E-state index contributed by atoms with van der Waals surface area (Å²) in [6.45, 7) is 0. The first kappa shape index (κ1) is 17.5. The molecule has 3 rings (SSSR count). The van der Waals surface area contributed by atoms with Crippen LogP contribution in [-0.4, -0.2) is 39.6 Å². The molecule has 1 aliphatic rings. The second-order valence-corrected chi connectivity index (χ2v) is 5.48. The van der Waals surface area contributed by atoms with Gasteiger partial charge in [-0.05, 0) is 18.2 Å². The fourth-order valence-corrected chi connectivity index (χ4v) is 2.88. The quantitative estimate of drug-likeness (QED) is 0.845. The third kappa shape index (κ3) is 2.90. The summed E-state index contributed by atoms with van der Waals surface area (Å²) in [7, 11) is 5.96. The van der Waals surface area contributed by atoms with E-state index >= 15 is 0 Å². The number of cyclic esters (lactones) is 1. The Bertz CT molecular complexity index is 825. The lowest BCUT2D eigenvalue weighted by Gasteiger charge is -2.28. The number of rotatable bonds is 5. The average Bonchev–Trinajstić information content (AvgIpc) is 2.65. The van der Waals surface area contributed by atoms with Gasteiger partial charge in [0.25, 0.3) is 0 Å². The smallest absolute Gasteiger partial charge is 0.412 e. The second kappa shape index (κ2) is 6.91. The molecule has 1 atom stereocenters. The molecule has 1 heterocycles. The minimum absolute atomic E-state index is 0.0860. The molecule has 8 heteroatoms. The van der Waals surface area contributed by atoms with Crippen molar-refractivity contribution in [3.05, 3.63) is 35.4 Å². The molecule has 0 bridgehead atoms. The first-order chi connectivity index (χ1) is 12.5. The Hall–Kier alpha value is -3.29. The van der Waals surface area contributed by atoms with Gasteiger partial charge in [-0.15, -0.1) is 0 Å². The largest absolute Gasteiger partial charge is 0.504 e. The molecule has 0 spiro atoms. The highest BCUT2D eigenvalue weighted by Gasteiger charge is 2.31. The number of aromatic hydroxyl groups is 1. The normalized spacial score (nSPS) is 15.4. The van der Waals surface area contributed by atoms with Crippen molar-refractivity contribution in [2.75, 3.05) is 33.8 Å². The summed E-state index contributed by atoms with van der Waals surface area (Å²) in [6.07, 6.45) is -1.39. The SMILES string of the molecule is COc1cc2c(cc1O)NC(=O)OC2c1cc(OC)c(OC)c(OC)c1. The first-order valence-corrected chi connectivity index (χ1v) is 7.70. The predicted octanol–water partition coefficient (Wildman–Crippen LogP) is 3.08. The lowest BCUT2D eigenvalue weighted by molar-refractivity contribution is 0.126. The Balaban J connectivity index is 2.17. The second-order valence-electron chi connectivity index (χ2n) is 5.48. The minimum atomic E-state index is -0.748. The fourth-order valence-electron chi connectivity index (χ4n) is 2.88. The van der Waals surface area contributed by atoms with E-state index in [0.717, 1.165) is 0 Å². The van der Waals surface area contributed by atoms with Gasteiger partial charge in [0, 0.05) is 17.2 Å². The lowest BCUT2D eigenvalue weighted by Crippen LogP contribution is -2.25. The summed E-state index contributed by atoms with van der Waals surface area (Å²) in [5.74, 6) is 1.48. The van der Waals surface area contributed by atoms with E-state index in [1.165, 1.54) is 34.5 Å². The Morgan fingerprint density at radius 2 is 1.54 bits per heavy atom. The average molecular weight is 361 g/mol. The number of fused-ring (bicyclic) bond motifs is 1. The highest BCUT2D eigenvalue weighted by Crippen LogP contribution is 2.45. The highest BCUT2D eigenvalue weighted by molar-refractivity contribution is 5.89. The number of amides is 1. The van der Waals surface area contributed by atoms with Crippen LogP contribution in [0.2, 0.25) is 0 Å². The van der Waals surface area contributed by atoms with Crippen molar-refractivity contribution in [3.63, 3.8) is 0 Å². The molecule has 0 saturated carbocycles. The summed E-state index contributed by atoms with van der Waals surface area (Å²) >= 11 is 0. The van der Waals surface area contributed by atoms with E-state index in [4.69, 9.17) is 23.7 Å². The van der Waals surface area contributed by atoms with Crippen molar-refractivity contribution >= 4 is 11.8 Å². The standard InChI is InChI=1S/C18H19NO7/c1-22-13-7-10-11(8-12(13)20)19-18(21)26-16(10)9-5-14(23-2)17(25-4)15(6-9)24-3/h5-8,16,20H,1-4H3,(H,19,21). The molecular formula is C18H19NO7. The molecule has 1 aliphatic heterocycles. The van der Waals surface area contributed by atoms with E-state index in [0.29, 0.717) is 34.1 Å². The van der Waals surface area contributed by atoms with Gasteiger partial charge in [-0.1, -0.05) is 0 Å². The van der Waals surface area contributed by atoms with Gasteiger partial charge < -0.3 is 28.8 Å². The van der Waals surface area contributed by atoms with Gasteiger partial charge in [-0.2, -0.15) is 0 Å². The molecule has 138 valence electrons. The number of phenols is 1. The zero-order valence-electron chi connectivity index (χ0n) is 14.8. The summed E-state index contributed by atoms with van der Waals surface area (Å²) < 4.78 is 26.7. The Labute approximate surface area is 150 Å². The van der Waals surface area contributed by atoms with Gasteiger partial charge >= 0.3 is 6.09 Å². The zero-order valence-corrected chi connectivity index (χ0v) is 14.8. The molecule has 1 unspecified atom stereocenters. The molecule has 26 heavy (non-hydrogen) atoms. The molecule has 0 aliphatic carbocycles. The molecule has 2 N–H and O–H groups in total. The van der Waals surface area contributed by atoms with Crippen molar-refractivity contribution in [1.82, 2.24) is 0 Å².